The summed E-state index contributed by atoms with van der Waals surface area (Å²) in [7, 11) is 0. The smallest absolute Gasteiger partial charge is 0.227 e. The fourth-order valence-corrected chi connectivity index (χ4v) is 5.60. The first-order valence-electron chi connectivity index (χ1n) is 11.0. The van der Waals surface area contributed by atoms with Crippen LogP contribution in [0.2, 0.25) is 0 Å². The molecule has 1 aliphatic carbocycles. The van der Waals surface area contributed by atoms with Gasteiger partial charge in [0.05, 0.1) is 6.04 Å². The van der Waals surface area contributed by atoms with Gasteiger partial charge in [0, 0.05) is 22.5 Å². The number of nitrogens with zero attached hydrogens (tertiary/aromatic N) is 1. The highest BCUT2D eigenvalue weighted by Crippen LogP contribution is 2.46. The number of hydrogen-bond donors (Lipinski definition) is 0. The Hall–Kier alpha value is -2.65. The van der Waals surface area contributed by atoms with Gasteiger partial charge in [-0.2, -0.15) is 0 Å². The molecule has 1 unspecified atom stereocenters. The highest BCUT2D eigenvalue weighted by molar-refractivity contribution is 9.10. The average Bonchev–Trinajstić information content (AvgIpc) is 2.80. The van der Waals surface area contributed by atoms with Crippen molar-refractivity contribution in [1.29, 1.82) is 0 Å². The van der Waals surface area contributed by atoms with Crippen molar-refractivity contribution in [3.8, 4) is 0 Å². The molecule has 0 bridgehead atoms. The highest BCUT2D eigenvalue weighted by Gasteiger charge is 2.39. The molecule has 1 amide bonds. The van der Waals surface area contributed by atoms with Gasteiger partial charge in [-0.05, 0) is 66.1 Å². The zero-order chi connectivity index (χ0) is 21.4. The molecule has 0 saturated carbocycles. The van der Waals surface area contributed by atoms with Crippen LogP contribution in [0, 0.1) is 5.92 Å². The van der Waals surface area contributed by atoms with Crippen molar-refractivity contribution >= 4 is 27.4 Å². The number of amides is 1. The molecule has 3 heteroatoms. The minimum absolute atomic E-state index is 0.0225. The van der Waals surface area contributed by atoms with Gasteiger partial charge in [0.25, 0.3) is 0 Å². The zero-order valence-corrected chi connectivity index (χ0v) is 19.3. The van der Waals surface area contributed by atoms with Crippen LogP contribution >= 0.6 is 15.9 Å². The number of allylic oxidation sites excluding steroid dienone is 2. The maximum absolute atomic E-state index is 13.3. The second-order valence-corrected chi connectivity index (χ2v) is 9.53. The molecular weight excluding hydrogens is 446 g/mol. The van der Waals surface area contributed by atoms with Gasteiger partial charge in [-0.1, -0.05) is 82.7 Å². The van der Waals surface area contributed by atoms with Crippen LogP contribution in [0.15, 0.2) is 89.0 Å². The Morgan fingerprint density at radius 2 is 1.71 bits per heavy atom. The average molecular weight is 472 g/mol. The van der Waals surface area contributed by atoms with E-state index in [0.29, 0.717) is 12.3 Å². The van der Waals surface area contributed by atoms with Gasteiger partial charge in [0.2, 0.25) is 5.91 Å². The van der Waals surface area contributed by atoms with E-state index in [1.807, 2.05) is 6.07 Å². The fraction of sp³-hybridized carbons (Fsp3) is 0.250. The minimum atomic E-state index is 0.0225. The van der Waals surface area contributed by atoms with Crippen LogP contribution in [0.1, 0.15) is 48.1 Å². The first kappa shape index (κ1) is 20.3. The molecule has 0 radical (unpaired) electrons. The van der Waals surface area contributed by atoms with E-state index in [9.17, 15) is 4.79 Å². The Morgan fingerprint density at radius 1 is 1.00 bits per heavy atom. The molecule has 1 fully saturated rings. The molecule has 0 N–H and O–H groups in total. The summed E-state index contributed by atoms with van der Waals surface area (Å²) in [6.45, 7) is 2.17. The van der Waals surface area contributed by atoms with Crippen LogP contribution in [0.25, 0.3) is 5.57 Å². The van der Waals surface area contributed by atoms with Crippen molar-refractivity contribution in [3.63, 3.8) is 0 Å². The zero-order valence-electron chi connectivity index (χ0n) is 17.7. The van der Waals surface area contributed by atoms with Crippen molar-refractivity contribution in [3.05, 3.63) is 111 Å². The molecular formula is C28H26BrNO. The summed E-state index contributed by atoms with van der Waals surface area (Å²) in [5, 5.41) is 0. The lowest BCUT2D eigenvalue weighted by atomic mass is 9.75. The number of benzene rings is 3. The second-order valence-electron chi connectivity index (χ2n) is 8.62. The lowest BCUT2D eigenvalue weighted by Crippen LogP contribution is -2.42. The molecule has 3 aromatic carbocycles. The number of fused-ring (bicyclic) bond motifs is 2. The van der Waals surface area contributed by atoms with Crippen molar-refractivity contribution < 1.29 is 4.79 Å². The van der Waals surface area contributed by atoms with E-state index in [2.05, 4.69) is 101 Å². The predicted molar refractivity (Wildman–Crippen MR) is 129 cm³/mol. The summed E-state index contributed by atoms with van der Waals surface area (Å²) in [5.74, 6) is 0.623. The number of carbonyl (C=O) groups excluding carboxylic acids is 1. The van der Waals surface area contributed by atoms with E-state index in [4.69, 9.17) is 0 Å². The third kappa shape index (κ3) is 3.87. The molecule has 2 nitrogen and oxygen atoms in total. The number of halogens is 1. The first-order valence-corrected chi connectivity index (χ1v) is 11.8. The van der Waals surface area contributed by atoms with E-state index >= 15 is 0 Å². The standard InChI is InChI=1S/C28H26BrNO/c1-19(21-10-6-3-7-11-21)30-27(31)15-12-22-17-23-18-24(29)13-14-25(23)26(28(22)30)16-20-8-4-2-5-9-20/h2-11,13-14,18-19,22H,12,15-17H2,1H3/t19-,22?/m1/s1. The molecule has 1 heterocycles. The predicted octanol–water partition coefficient (Wildman–Crippen LogP) is 6.96. The molecule has 2 atom stereocenters. The van der Waals surface area contributed by atoms with E-state index < -0.39 is 0 Å². The fourth-order valence-electron chi connectivity index (χ4n) is 5.20. The van der Waals surface area contributed by atoms with Crippen LogP contribution in [0.4, 0.5) is 0 Å². The van der Waals surface area contributed by atoms with Crippen LogP contribution in [-0.4, -0.2) is 10.8 Å². The van der Waals surface area contributed by atoms with Gasteiger partial charge in [0.15, 0.2) is 0 Å². The molecule has 0 aromatic heterocycles. The number of likely N-dealkylation sites (tertiary alicyclic amines) is 1. The normalized spacial score (nSPS) is 19.1. The second kappa shape index (κ2) is 8.47. The molecule has 156 valence electrons. The Balaban J connectivity index is 1.69. The van der Waals surface area contributed by atoms with Gasteiger partial charge in [-0.3, -0.25) is 4.79 Å². The van der Waals surface area contributed by atoms with E-state index in [1.165, 1.54) is 33.5 Å². The summed E-state index contributed by atoms with van der Waals surface area (Å²) in [5.41, 5.74) is 7.69. The maximum atomic E-state index is 13.3. The largest absolute Gasteiger partial charge is 0.308 e. The third-order valence-electron chi connectivity index (χ3n) is 6.68. The van der Waals surface area contributed by atoms with Gasteiger partial charge in [-0.25, -0.2) is 0 Å². The molecule has 1 saturated heterocycles. The number of piperidine rings is 1. The summed E-state index contributed by atoms with van der Waals surface area (Å²) in [6, 6.07) is 27.7. The van der Waals surface area contributed by atoms with Crippen molar-refractivity contribution in [2.75, 3.05) is 0 Å². The van der Waals surface area contributed by atoms with E-state index in [-0.39, 0.29) is 11.9 Å². The van der Waals surface area contributed by atoms with Gasteiger partial charge < -0.3 is 4.90 Å². The first-order chi connectivity index (χ1) is 15.1. The Morgan fingerprint density at radius 3 is 2.45 bits per heavy atom. The molecule has 0 spiro atoms. The van der Waals surface area contributed by atoms with E-state index in [1.54, 1.807) is 0 Å². The molecule has 5 rings (SSSR count). The van der Waals surface area contributed by atoms with Crippen LogP contribution in [0.5, 0.6) is 0 Å². The monoisotopic (exact) mass is 471 g/mol. The van der Waals surface area contributed by atoms with Crippen molar-refractivity contribution in [2.24, 2.45) is 5.92 Å². The van der Waals surface area contributed by atoms with Crippen LogP contribution in [-0.2, 0) is 17.6 Å². The lowest BCUT2D eigenvalue weighted by molar-refractivity contribution is -0.133. The summed E-state index contributed by atoms with van der Waals surface area (Å²) in [6.07, 6.45) is 3.38. The Labute approximate surface area is 192 Å². The van der Waals surface area contributed by atoms with Gasteiger partial charge >= 0.3 is 0 Å². The van der Waals surface area contributed by atoms with Gasteiger partial charge in [-0.15, -0.1) is 0 Å². The lowest BCUT2D eigenvalue weighted by Gasteiger charge is -2.44. The molecule has 3 aromatic rings. The number of carbonyl (C=O) groups is 1. The SMILES string of the molecule is C[C@H](c1ccccc1)N1C(=O)CCC2Cc3cc(Br)ccc3C(Cc3ccccc3)=C21. The summed E-state index contributed by atoms with van der Waals surface area (Å²) < 4.78 is 1.12. The van der Waals surface area contributed by atoms with E-state index in [0.717, 1.165) is 23.7 Å². The maximum Gasteiger partial charge on any atom is 0.227 e. The Kier molecular flexibility index (Phi) is 5.54. The highest BCUT2D eigenvalue weighted by atomic mass is 79.9. The van der Waals surface area contributed by atoms with Crippen molar-refractivity contribution in [1.82, 2.24) is 4.90 Å². The summed E-state index contributed by atoms with van der Waals surface area (Å²) >= 11 is 3.66. The number of rotatable bonds is 4. The minimum Gasteiger partial charge on any atom is -0.308 e. The molecule has 2 aliphatic rings. The molecule has 1 aliphatic heterocycles. The topological polar surface area (TPSA) is 20.3 Å². The summed E-state index contributed by atoms with van der Waals surface area (Å²) in [4.78, 5) is 15.4. The van der Waals surface area contributed by atoms with Crippen LogP contribution in [0.3, 0.4) is 0 Å². The van der Waals surface area contributed by atoms with Gasteiger partial charge in [0.1, 0.15) is 0 Å². The third-order valence-corrected chi connectivity index (χ3v) is 7.18. The number of hydrogen-bond acceptors (Lipinski definition) is 1. The quantitative estimate of drug-likeness (QED) is 0.402. The Bertz CT molecular complexity index is 1140. The van der Waals surface area contributed by atoms with Crippen LogP contribution < -0.4 is 0 Å². The molecule has 31 heavy (non-hydrogen) atoms. The van der Waals surface area contributed by atoms with Crippen molar-refractivity contribution in [2.45, 2.75) is 38.6 Å².